The maximum absolute atomic E-state index is 11.5. The van der Waals surface area contributed by atoms with Crippen molar-refractivity contribution >= 4 is 12.0 Å². The molecule has 108 valence electrons. The van der Waals surface area contributed by atoms with E-state index >= 15 is 0 Å². The van der Waals surface area contributed by atoms with Crippen LogP contribution in [-0.2, 0) is 16.0 Å². The molecule has 0 heterocycles. The number of phenolic OH excluding ortho intramolecular Hbond substituents is 1. The fourth-order valence-electron chi connectivity index (χ4n) is 1.89. The predicted molar refractivity (Wildman–Crippen MR) is 82.9 cm³/mol. The number of carbonyl (C=O) groups excluding carboxylic acids is 1. The summed E-state index contributed by atoms with van der Waals surface area (Å²) in [6.45, 7) is 0.388. The summed E-state index contributed by atoms with van der Waals surface area (Å²) in [5.74, 6) is -0.0687. The lowest BCUT2D eigenvalue weighted by atomic mass is 10.1. The Bertz CT molecular complexity index is 586. The molecule has 0 bridgehead atoms. The number of carbonyl (C=O) groups is 1. The summed E-state index contributed by atoms with van der Waals surface area (Å²) in [4.78, 5) is 11.5. The van der Waals surface area contributed by atoms with Crippen LogP contribution in [0.3, 0.4) is 0 Å². The lowest BCUT2D eigenvalue weighted by molar-refractivity contribution is -0.137. The molecule has 2 aromatic rings. The van der Waals surface area contributed by atoms with Gasteiger partial charge in [-0.1, -0.05) is 42.5 Å². The second-order valence-electron chi connectivity index (χ2n) is 4.68. The lowest BCUT2D eigenvalue weighted by Crippen LogP contribution is -2.03. The standard InChI is InChI=1S/C18H18O3/c19-17-11-8-16(9-12-17)7-4-14-21-18(20)13-10-15-5-2-1-3-6-15/h1-3,5-6,8-13,19H,4,7,14H2/b13-10+. The van der Waals surface area contributed by atoms with Crippen molar-refractivity contribution in [2.75, 3.05) is 6.61 Å². The topological polar surface area (TPSA) is 46.5 Å². The minimum absolute atomic E-state index is 0.260. The molecule has 0 aliphatic carbocycles. The second kappa shape index (κ2) is 7.90. The van der Waals surface area contributed by atoms with Crippen molar-refractivity contribution in [2.45, 2.75) is 12.8 Å². The smallest absolute Gasteiger partial charge is 0.330 e. The first-order chi connectivity index (χ1) is 10.2. The molecule has 0 saturated carbocycles. The average molecular weight is 282 g/mol. The highest BCUT2D eigenvalue weighted by Gasteiger charge is 1.98. The zero-order chi connectivity index (χ0) is 14.9. The predicted octanol–water partition coefficient (Wildman–Crippen LogP) is 3.58. The van der Waals surface area contributed by atoms with Crippen LogP contribution in [0.15, 0.2) is 60.7 Å². The molecule has 2 rings (SSSR count). The van der Waals surface area contributed by atoms with E-state index in [1.54, 1.807) is 18.2 Å². The van der Waals surface area contributed by atoms with Crippen LogP contribution in [0.1, 0.15) is 17.5 Å². The molecule has 0 amide bonds. The third-order valence-corrected chi connectivity index (χ3v) is 3.00. The second-order valence-corrected chi connectivity index (χ2v) is 4.68. The summed E-state index contributed by atoms with van der Waals surface area (Å²) in [6.07, 6.45) is 4.75. The molecule has 0 aliphatic heterocycles. The number of ether oxygens (including phenoxy) is 1. The lowest BCUT2D eigenvalue weighted by Gasteiger charge is -2.03. The van der Waals surface area contributed by atoms with E-state index in [-0.39, 0.29) is 11.7 Å². The van der Waals surface area contributed by atoms with Crippen molar-refractivity contribution in [3.8, 4) is 5.75 Å². The van der Waals surface area contributed by atoms with Crippen LogP contribution in [-0.4, -0.2) is 17.7 Å². The Labute approximate surface area is 124 Å². The number of aromatic hydroxyl groups is 1. The first kappa shape index (κ1) is 14.9. The van der Waals surface area contributed by atoms with Gasteiger partial charge in [-0.3, -0.25) is 0 Å². The number of aryl methyl sites for hydroxylation is 1. The van der Waals surface area contributed by atoms with Gasteiger partial charge < -0.3 is 9.84 Å². The van der Waals surface area contributed by atoms with Crippen molar-refractivity contribution in [1.29, 1.82) is 0 Å². The summed E-state index contributed by atoms with van der Waals surface area (Å²) < 4.78 is 5.13. The van der Waals surface area contributed by atoms with Gasteiger partial charge in [-0.25, -0.2) is 4.79 Å². The van der Waals surface area contributed by atoms with E-state index in [1.165, 1.54) is 6.08 Å². The Morgan fingerprint density at radius 2 is 1.76 bits per heavy atom. The first-order valence-corrected chi connectivity index (χ1v) is 6.92. The molecule has 0 aromatic heterocycles. The summed E-state index contributed by atoms with van der Waals surface area (Å²) in [7, 11) is 0. The van der Waals surface area contributed by atoms with Gasteiger partial charge in [-0.05, 0) is 42.2 Å². The van der Waals surface area contributed by atoms with Crippen molar-refractivity contribution in [3.63, 3.8) is 0 Å². The van der Waals surface area contributed by atoms with Crippen LogP contribution < -0.4 is 0 Å². The van der Waals surface area contributed by atoms with Crippen molar-refractivity contribution in [3.05, 3.63) is 71.8 Å². The van der Waals surface area contributed by atoms with E-state index in [2.05, 4.69) is 0 Å². The molecule has 0 unspecified atom stereocenters. The number of hydrogen-bond donors (Lipinski definition) is 1. The number of rotatable bonds is 6. The third kappa shape index (κ3) is 5.53. The molecule has 3 nitrogen and oxygen atoms in total. The summed E-state index contributed by atoms with van der Waals surface area (Å²) >= 11 is 0. The van der Waals surface area contributed by atoms with Gasteiger partial charge >= 0.3 is 5.97 Å². The van der Waals surface area contributed by atoms with Crippen LogP contribution in [0, 0.1) is 0 Å². The minimum Gasteiger partial charge on any atom is -0.508 e. The quantitative estimate of drug-likeness (QED) is 0.500. The summed E-state index contributed by atoms with van der Waals surface area (Å²) in [6, 6.07) is 16.7. The van der Waals surface area contributed by atoms with E-state index < -0.39 is 0 Å². The van der Waals surface area contributed by atoms with E-state index in [0.29, 0.717) is 6.61 Å². The Hall–Kier alpha value is -2.55. The fourth-order valence-corrected chi connectivity index (χ4v) is 1.89. The van der Waals surface area contributed by atoms with Gasteiger partial charge in [0.25, 0.3) is 0 Å². The van der Waals surface area contributed by atoms with E-state index in [0.717, 1.165) is 24.0 Å². The highest BCUT2D eigenvalue weighted by atomic mass is 16.5. The van der Waals surface area contributed by atoms with Crippen LogP contribution >= 0.6 is 0 Å². The minimum atomic E-state index is -0.329. The summed E-state index contributed by atoms with van der Waals surface area (Å²) in [5.41, 5.74) is 2.09. The Balaban J connectivity index is 1.67. The van der Waals surface area contributed by atoms with Crippen molar-refractivity contribution in [1.82, 2.24) is 0 Å². The molecule has 0 fully saturated rings. The number of esters is 1. The summed E-state index contributed by atoms with van der Waals surface area (Å²) in [5, 5.41) is 9.18. The Kier molecular flexibility index (Phi) is 5.59. The molecule has 0 spiro atoms. The average Bonchev–Trinajstić information content (AvgIpc) is 2.52. The molecular formula is C18H18O3. The number of hydrogen-bond acceptors (Lipinski definition) is 3. The molecule has 3 heteroatoms. The van der Waals surface area contributed by atoms with Gasteiger partial charge in [-0.15, -0.1) is 0 Å². The van der Waals surface area contributed by atoms with Crippen LogP contribution in [0.2, 0.25) is 0 Å². The number of phenols is 1. The van der Waals surface area contributed by atoms with Gasteiger partial charge in [0.1, 0.15) is 5.75 Å². The highest BCUT2D eigenvalue weighted by molar-refractivity contribution is 5.86. The largest absolute Gasteiger partial charge is 0.508 e. The van der Waals surface area contributed by atoms with Crippen LogP contribution in [0.5, 0.6) is 5.75 Å². The van der Waals surface area contributed by atoms with Gasteiger partial charge in [0, 0.05) is 6.08 Å². The first-order valence-electron chi connectivity index (χ1n) is 6.92. The Morgan fingerprint density at radius 1 is 1.05 bits per heavy atom. The van der Waals surface area contributed by atoms with Crippen LogP contribution in [0.4, 0.5) is 0 Å². The molecule has 21 heavy (non-hydrogen) atoms. The van der Waals surface area contributed by atoms with E-state index in [4.69, 9.17) is 4.74 Å². The van der Waals surface area contributed by atoms with E-state index in [9.17, 15) is 9.90 Å². The maximum Gasteiger partial charge on any atom is 0.330 e. The molecule has 0 radical (unpaired) electrons. The van der Waals surface area contributed by atoms with Gasteiger partial charge in [0.05, 0.1) is 6.61 Å². The zero-order valence-electron chi connectivity index (χ0n) is 11.7. The molecule has 0 atom stereocenters. The van der Waals surface area contributed by atoms with E-state index in [1.807, 2.05) is 42.5 Å². The van der Waals surface area contributed by atoms with Gasteiger partial charge in [-0.2, -0.15) is 0 Å². The maximum atomic E-state index is 11.5. The van der Waals surface area contributed by atoms with Crippen molar-refractivity contribution < 1.29 is 14.6 Å². The normalized spacial score (nSPS) is 10.7. The highest BCUT2D eigenvalue weighted by Crippen LogP contribution is 2.11. The molecule has 0 aliphatic rings. The molecule has 1 N–H and O–H groups in total. The molecule has 2 aromatic carbocycles. The van der Waals surface area contributed by atoms with Crippen LogP contribution in [0.25, 0.3) is 6.08 Å². The molecular weight excluding hydrogens is 264 g/mol. The monoisotopic (exact) mass is 282 g/mol. The Morgan fingerprint density at radius 3 is 2.48 bits per heavy atom. The van der Waals surface area contributed by atoms with Gasteiger partial charge in [0.2, 0.25) is 0 Å². The van der Waals surface area contributed by atoms with Crippen molar-refractivity contribution in [2.24, 2.45) is 0 Å². The number of benzene rings is 2. The fraction of sp³-hybridized carbons (Fsp3) is 0.167. The molecule has 0 saturated heterocycles. The SMILES string of the molecule is O=C(/C=C/c1ccccc1)OCCCc1ccc(O)cc1. The van der Waals surface area contributed by atoms with Gasteiger partial charge in [0.15, 0.2) is 0 Å². The third-order valence-electron chi connectivity index (χ3n) is 3.00. The zero-order valence-corrected chi connectivity index (χ0v) is 11.7.